The van der Waals surface area contributed by atoms with Crippen LogP contribution in [0.5, 0.6) is 0 Å². The molecule has 0 heterocycles. The van der Waals surface area contributed by atoms with Gasteiger partial charge in [0.25, 0.3) is 0 Å². The first-order valence-electron chi connectivity index (χ1n) is 4.37. The van der Waals surface area contributed by atoms with Crippen LogP contribution >= 0.6 is 0 Å². The predicted molar refractivity (Wildman–Crippen MR) is 48.6 cm³/mol. The van der Waals surface area contributed by atoms with E-state index in [1.54, 1.807) is 0 Å². The fourth-order valence-electron chi connectivity index (χ4n) is 1.15. The lowest BCUT2D eigenvalue weighted by atomic mass is 9.97. The maximum Gasteiger partial charge on any atom is 0.220 e. The summed E-state index contributed by atoms with van der Waals surface area (Å²) in [6, 6.07) is 0. The van der Waals surface area contributed by atoms with E-state index in [4.69, 9.17) is 21.7 Å². The predicted octanol–water partition coefficient (Wildman–Crippen LogP) is -1.56. The van der Waals surface area contributed by atoms with Gasteiger partial charge in [-0.05, 0) is 12.8 Å². The van der Waals surface area contributed by atoms with Gasteiger partial charge in [0, 0.05) is 18.8 Å². The third-order valence-corrected chi connectivity index (χ3v) is 1.87. The van der Waals surface area contributed by atoms with E-state index in [-0.39, 0.29) is 12.8 Å². The molecule has 0 aliphatic heterocycles. The van der Waals surface area contributed by atoms with Crippen LogP contribution in [0.1, 0.15) is 25.7 Å². The van der Waals surface area contributed by atoms with Gasteiger partial charge in [0.15, 0.2) is 6.29 Å². The molecule has 0 aliphatic rings. The Morgan fingerprint density at radius 3 is 2.14 bits per heavy atom. The summed E-state index contributed by atoms with van der Waals surface area (Å²) in [6.07, 6.45) is -0.716. The van der Waals surface area contributed by atoms with Gasteiger partial charge in [-0.2, -0.15) is 0 Å². The quantitative estimate of drug-likeness (QED) is 0.374. The fraction of sp³-hybridized carbons (Fsp3) is 0.750. The summed E-state index contributed by atoms with van der Waals surface area (Å²) in [5.74, 6) is -1.66. The number of aliphatic hydroxyl groups excluding tert-OH is 1. The molecular weight excluding hydrogens is 188 g/mol. The third kappa shape index (κ3) is 6.38. The number of carbonyl (C=O) groups is 2. The van der Waals surface area contributed by atoms with Crippen LogP contribution in [0, 0.1) is 5.92 Å². The second-order valence-corrected chi connectivity index (χ2v) is 3.17. The highest BCUT2D eigenvalue weighted by molar-refractivity contribution is 5.77. The van der Waals surface area contributed by atoms with Crippen molar-refractivity contribution in [1.82, 2.24) is 0 Å². The minimum atomic E-state index is -1.55. The summed E-state index contributed by atoms with van der Waals surface area (Å²) in [6.45, 7) is 0. The lowest BCUT2D eigenvalue weighted by Crippen LogP contribution is -2.27. The molecule has 0 spiro atoms. The van der Waals surface area contributed by atoms with E-state index in [2.05, 4.69) is 0 Å². The van der Waals surface area contributed by atoms with Gasteiger partial charge in [-0.1, -0.05) is 0 Å². The van der Waals surface area contributed by atoms with Crippen molar-refractivity contribution in [3.05, 3.63) is 0 Å². The molecule has 82 valence electrons. The van der Waals surface area contributed by atoms with Crippen molar-refractivity contribution in [2.75, 3.05) is 0 Å². The van der Waals surface area contributed by atoms with Crippen LogP contribution in [-0.4, -0.2) is 28.3 Å². The average molecular weight is 204 g/mol. The van der Waals surface area contributed by atoms with Crippen molar-refractivity contribution in [3.63, 3.8) is 0 Å². The maximum absolute atomic E-state index is 10.8. The third-order valence-electron chi connectivity index (χ3n) is 1.87. The number of rotatable bonds is 7. The SMILES string of the molecule is NC(=O)CCCC(CC(O)O)C(N)=O. The zero-order valence-corrected chi connectivity index (χ0v) is 7.85. The van der Waals surface area contributed by atoms with E-state index in [1.807, 2.05) is 0 Å². The molecule has 0 aliphatic carbocycles. The van der Waals surface area contributed by atoms with Gasteiger partial charge in [-0.25, -0.2) is 0 Å². The molecule has 0 saturated heterocycles. The Hall–Kier alpha value is -1.14. The highest BCUT2D eigenvalue weighted by atomic mass is 16.5. The Kier molecular flexibility index (Phi) is 5.82. The summed E-state index contributed by atoms with van der Waals surface area (Å²) in [4.78, 5) is 21.2. The number of amides is 2. The van der Waals surface area contributed by atoms with Gasteiger partial charge in [0.1, 0.15) is 0 Å². The largest absolute Gasteiger partial charge is 0.370 e. The molecule has 1 unspecified atom stereocenters. The number of nitrogens with two attached hydrogens (primary N) is 2. The summed E-state index contributed by atoms with van der Waals surface area (Å²) in [5.41, 5.74) is 9.93. The van der Waals surface area contributed by atoms with Crippen LogP contribution < -0.4 is 11.5 Å². The number of hydrogen-bond acceptors (Lipinski definition) is 4. The highest BCUT2D eigenvalue weighted by Gasteiger charge is 2.18. The fourth-order valence-corrected chi connectivity index (χ4v) is 1.15. The van der Waals surface area contributed by atoms with Crippen LogP contribution in [0.4, 0.5) is 0 Å². The molecule has 0 aromatic rings. The number of primary amides is 2. The molecule has 0 fully saturated rings. The molecule has 2 amide bonds. The normalized spacial score (nSPS) is 12.8. The summed E-state index contributed by atoms with van der Waals surface area (Å²) in [5, 5.41) is 17.3. The molecule has 0 radical (unpaired) electrons. The van der Waals surface area contributed by atoms with Crippen LogP contribution in [-0.2, 0) is 9.59 Å². The Labute approximate surface area is 81.9 Å². The van der Waals surface area contributed by atoms with Crippen molar-refractivity contribution in [2.24, 2.45) is 17.4 Å². The van der Waals surface area contributed by atoms with Gasteiger partial charge >= 0.3 is 0 Å². The van der Waals surface area contributed by atoms with E-state index in [0.29, 0.717) is 12.8 Å². The minimum absolute atomic E-state index is 0.103. The molecular formula is C8H16N2O4. The molecule has 6 nitrogen and oxygen atoms in total. The smallest absolute Gasteiger partial charge is 0.220 e. The molecule has 1 atom stereocenters. The van der Waals surface area contributed by atoms with Gasteiger partial charge in [-0.15, -0.1) is 0 Å². The molecule has 0 rings (SSSR count). The Bertz CT molecular complexity index is 206. The molecule has 0 saturated carbocycles. The lowest BCUT2D eigenvalue weighted by Gasteiger charge is -2.13. The van der Waals surface area contributed by atoms with Crippen molar-refractivity contribution in [2.45, 2.75) is 32.0 Å². The molecule has 0 aromatic carbocycles. The van der Waals surface area contributed by atoms with Crippen LogP contribution in [0.25, 0.3) is 0 Å². The second kappa shape index (κ2) is 6.33. The van der Waals surface area contributed by atoms with Crippen LogP contribution in [0.15, 0.2) is 0 Å². The lowest BCUT2D eigenvalue weighted by molar-refractivity contribution is -0.127. The number of hydrogen-bond donors (Lipinski definition) is 4. The number of carbonyl (C=O) groups excluding carboxylic acids is 2. The highest BCUT2D eigenvalue weighted by Crippen LogP contribution is 2.13. The Balaban J connectivity index is 3.85. The number of aliphatic hydroxyl groups is 2. The van der Waals surface area contributed by atoms with E-state index < -0.39 is 24.0 Å². The second-order valence-electron chi connectivity index (χ2n) is 3.17. The van der Waals surface area contributed by atoms with Crippen molar-refractivity contribution in [3.8, 4) is 0 Å². The van der Waals surface area contributed by atoms with Crippen molar-refractivity contribution >= 4 is 11.8 Å². The van der Waals surface area contributed by atoms with Crippen LogP contribution in [0.3, 0.4) is 0 Å². The maximum atomic E-state index is 10.8. The first kappa shape index (κ1) is 12.9. The average Bonchev–Trinajstić information content (AvgIpc) is 2.00. The van der Waals surface area contributed by atoms with Gasteiger partial charge < -0.3 is 21.7 Å². The first-order valence-corrected chi connectivity index (χ1v) is 4.37. The first-order chi connectivity index (χ1) is 6.43. The van der Waals surface area contributed by atoms with Crippen molar-refractivity contribution < 1.29 is 19.8 Å². The summed E-state index contributed by atoms with van der Waals surface area (Å²) in [7, 11) is 0. The van der Waals surface area contributed by atoms with E-state index >= 15 is 0 Å². The molecule has 0 aromatic heterocycles. The monoisotopic (exact) mass is 204 g/mol. The van der Waals surface area contributed by atoms with Crippen molar-refractivity contribution in [1.29, 1.82) is 0 Å². The molecule has 6 N–H and O–H groups in total. The molecule has 14 heavy (non-hydrogen) atoms. The minimum Gasteiger partial charge on any atom is -0.370 e. The zero-order chi connectivity index (χ0) is 11.1. The van der Waals surface area contributed by atoms with E-state index in [9.17, 15) is 9.59 Å². The van der Waals surface area contributed by atoms with Crippen LogP contribution in [0.2, 0.25) is 0 Å². The summed E-state index contributed by atoms with van der Waals surface area (Å²) < 4.78 is 0. The molecule has 6 heteroatoms. The van der Waals surface area contributed by atoms with Gasteiger partial charge in [0.05, 0.1) is 0 Å². The summed E-state index contributed by atoms with van der Waals surface area (Å²) >= 11 is 0. The van der Waals surface area contributed by atoms with Gasteiger partial charge in [0.2, 0.25) is 11.8 Å². The molecule has 0 bridgehead atoms. The zero-order valence-electron chi connectivity index (χ0n) is 7.85. The standard InChI is InChI=1S/C8H16N2O4/c9-6(11)3-1-2-5(8(10)14)4-7(12)13/h5,7,12-13H,1-4H2,(H2,9,11)(H2,10,14). The Morgan fingerprint density at radius 1 is 1.21 bits per heavy atom. The Morgan fingerprint density at radius 2 is 1.79 bits per heavy atom. The van der Waals surface area contributed by atoms with Gasteiger partial charge in [-0.3, -0.25) is 9.59 Å². The van der Waals surface area contributed by atoms with E-state index in [0.717, 1.165) is 0 Å². The van der Waals surface area contributed by atoms with E-state index in [1.165, 1.54) is 0 Å². The topological polar surface area (TPSA) is 127 Å².